The molecule has 0 aliphatic carbocycles. The molecule has 0 unspecified atom stereocenters. The number of para-hydroxylation sites is 1. The molecule has 1 aliphatic rings. The van der Waals surface area contributed by atoms with E-state index < -0.39 is 0 Å². The van der Waals surface area contributed by atoms with Crippen molar-refractivity contribution in [2.45, 2.75) is 6.61 Å². The molecule has 1 fully saturated rings. The number of halogens is 1. The molecule has 1 N–H and O–H groups in total. The minimum absolute atomic E-state index is 0.184. The average molecular weight is 404 g/mol. The lowest BCUT2D eigenvalue weighted by atomic mass is 10.2. The second-order valence-corrected chi connectivity index (χ2v) is 7.34. The summed E-state index contributed by atoms with van der Waals surface area (Å²) >= 11 is 1.29. The highest BCUT2D eigenvalue weighted by Crippen LogP contribution is 2.28. The Morgan fingerprint density at radius 3 is 2.66 bits per heavy atom. The first-order valence-electron chi connectivity index (χ1n) is 8.98. The maximum Gasteiger partial charge on any atom is 0.264 e. The molecule has 0 radical (unpaired) electrons. The zero-order valence-corrected chi connectivity index (χ0v) is 16.2. The molecule has 1 aliphatic heterocycles. The molecule has 1 heterocycles. The van der Waals surface area contributed by atoms with Crippen molar-refractivity contribution in [2.24, 2.45) is 4.99 Å². The zero-order valence-electron chi connectivity index (χ0n) is 15.3. The summed E-state index contributed by atoms with van der Waals surface area (Å²) in [7, 11) is 0. The second kappa shape index (κ2) is 8.75. The number of carbonyl (C=O) groups is 1. The van der Waals surface area contributed by atoms with Crippen LogP contribution >= 0.6 is 11.8 Å². The van der Waals surface area contributed by atoms with E-state index in [1.807, 2.05) is 60.7 Å². The number of amides is 1. The molecule has 29 heavy (non-hydrogen) atoms. The molecule has 4 nitrogen and oxygen atoms in total. The van der Waals surface area contributed by atoms with E-state index in [-0.39, 0.29) is 18.3 Å². The number of benzene rings is 3. The van der Waals surface area contributed by atoms with Gasteiger partial charge in [0.1, 0.15) is 18.2 Å². The van der Waals surface area contributed by atoms with Gasteiger partial charge in [0.25, 0.3) is 5.91 Å². The average Bonchev–Trinajstić information content (AvgIpc) is 3.06. The number of carbonyl (C=O) groups excluding carboxylic acids is 1. The van der Waals surface area contributed by atoms with Crippen LogP contribution in [-0.2, 0) is 11.4 Å². The van der Waals surface area contributed by atoms with Gasteiger partial charge in [-0.15, -0.1) is 0 Å². The van der Waals surface area contributed by atoms with Gasteiger partial charge in [0, 0.05) is 0 Å². The van der Waals surface area contributed by atoms with Gasteiger partial charge < -0.3 is 10.1 Å². The summed E-state index contributed by atoms with van der Waals surface area (Å²) in [6.45, 7) is 0.265. The first-order chi connectivity index (χ1) is 14.2. The van der Waals surface area contributed by atoms with Gasteiger partial charge in [-0.1, -0.05) is 42.5 Å². The summed E-state index contributed by atoms with van der Waals surface area (Å²) in [4.78, 5) is 17.3. The topological polar surface area (TPSA) is 50.7 Å². The Kier molecular flexibility index (Phi) is 5.72. The minimum Gasteiger partial charge on any atom is -0.489 e. The van der Waals surface area contributed by atoms with Gasteiger partial charge in [0.15, 0.2) is 5.17 Å². The van der Waals surface area contributed by atoms with E-state index in [4.69, 9.17) is 4.74 Å². The van der Waals surface area contributed by atoms with Crippen molar-refractivity contribution < 1.29 is 13.9 Å². The third-order valence-electron chi connectivity index (χ3n) is 4.09. The number of nitrogens with one attached hydrogen (secondary N) is 1. The quantitative estimate of drug-likeness (QED) is 0.588. The Hall–Kier alpha value is -3.38. The van der Waals surface area contributed by atoms with Crippen molar-refractivity contribution in [2.75, 3.05) is 0 Å². The van der Waals surface area contributed by atoms with Crippen molar-refractivity contribution in [1.82, 2.24) is 5.32 Å². The van der Waals surface area contributed by atoms with E-state index in [0.717, 1.165) is 16.8 Å². The van der Waals surface area contributed by atoms with Gasteiger partial charge in [-0.05, 0) is 65.4 Å². The monoisotopic (exact) mass is 404 g/mol. The van der Waals surface area contributed by atoms with Crippen molar-refractivity contribution >= 4 is 34.6 Å². The van der Waals surface area contributed by atoms with Gasteiger partial charge in [0.2, 0.25) is 0 Å². The summed E-state index contributed by atoms with van der Waals surface area (Å²) in [5, 5.41) is 3.33. The van der Waals surface area contributed by atoms with Crippen molar-refractivity contribution in [3.05, 3.63) is 101 Å². The van der Waals surface area contributed by atoms with E-state index >= 15 is 0 Å². The lowest BCUT2D eigenvalue weighted by Crippen LogP contribution is -2.19. The van der Waals surface area contributed by atoms with E-state index in [2.05, 4.69) is 10.3 Å². The van der Waals surface area contributed by atoms with Crippen LogP contribution < -0.4 is 10.1 Å². The van der Waals surface area contributed by atoms with E-state index in [0.29, 0.717) is 15.8 Å². The van der Waals surface area contributed by atoms with Gasteiger partial charge in [-0.3, -0.25) is 4.79 Å². The van der Waals surface area contributed by atoms with Crippen LogP contribution in [0.4, 0.5) is 10.1 Å². The lowest BCUT2D eigenvalue weighted by Gasteiger charge is -2.07. The number of hydrogen-bond acceptors (Lipinski definition) is 4. The van der Waals surface area contributed by atoms with Gasteiger partial charge in [-0.25, -0.2) is 9.38 Å². The standard InChI is InChI=1S/C23H17FN2O2S/c24-18-8-4-7-17(12-18)15-28-20-11-5-6-16(13-20)14-21-22(27)26-23(29-21)25-19-9-2-1-3-10-19/h1-14H,15H2,(H,25,26,27)/b21-14-. The molecule has 0 spiro atoms. The Bertz CT molecular complexity index is 1100. The number of ether oxygens (including phenoxy) is 1. The maximum absolute atomic E-state index is 13.3. The smallest absolute Gasteiger partial charge is 0.264 e. The number of hydrogen-bond donors (Lipinski definition) is 1. The Morgan fingerprint density at radius 1 is 1.00 bits per heavy atom. The fourth-order valence-corrected chi connectivity index (χ4v) is 3.58. The number of aliphatic imine (C=N–C) groups is 1. The van der Waals surface area contributed by atoms with Crippen LogP contribution in [0.25, 0.3) is 6.08 Å². The van der Waals surface area contributed by atoms with Crippen LogP contribution in [0.3, 0.4) is 0 Å². The Morgan fingerprint density at radius 2 is 1.83 bits per heavy atom. The van der Waals surface area contributed by atoms with Gasteiger partial charge in [-0.2, -0.15) is 0 Å². The lowest BCUT2D eigenvalue weighted by molar-refractivity contribution is -0.115. The summed E-state index contributed by atoms with van der Waals surface area (Å²) < 4.78 is 19.0. The fourth-order valence-electron chi connectivity index (χ4n) is 2.74. The molecule has 144 valence electrons. The molecular weight excluding hydrogens is 387 g/mol. The highest BCUT2D eigenvalue weighted by Gasteiger charge is 2.23. The van der Waals surface area contributed by atoms with Gasteiger partial charge in [0.05, 0.1) is 10.6 Å². The molecule has 3 aromatic rings. The Balaban J connectivity index is 1.46. The van der Waals surface area contributed by atoms with Crippen LogP contribution in [0.1, 0.15) is 11.1 Å². The summed E-state index contributed by atoms with van der Waals surface area (Å²) in [6, 6.07) is 23.2. The molecular formula is C23H17FN2O2S. The molecule has 1 saturated heterocycles. The summed E-state index contributed by atoms with van der Waals surface area (Å²) in [5.74, 6) is 0.169. The van der Waals surface area contributed by atoms with E-state index in [9.17, 15) is 9.18 Å². The van der Waals surface area contributed by atoms with Crippen molar-refractivity contribution in [1.29, 1.82) is 0 Å². The number of nitrogens with zero attached hydrogens (tertiary/aromatic N) is 1. The summed E-state index contributed by atoms with van der Waals surface area (Å²) in [5.41, 5.74) is 2.37. The second-order valence-electron chi connectivity index (χ2n) is 6.31. The van der Waals surface area contributed by atoms with Crippen LogP contribution in [0.5, 0.6) is 5.75 Å². The molecule has 0 atom stereocenters. The normalized spacial score (nSPS) is 16.2. The van der Waals surface area contributed by atoms with Crippen molar-refractivity contribution in [3.8, 4) is 5.75 Å². The summed E-state index contributed by atoms with van der Waals surface area (Å²) in [6.07, 6.45) is 1.79. The zero-order chi connectivity index (χ0) is 20.1. The molecule has 1 amide bonds. The number of amidine groups is 1. The predicted molar refractivity (Wildman–Crippen MR) is 114 cm³/mol. The fraction of sp³-hybridized carbons (Fsp3) is 0.0435. The SMILES string of the molecule is O=C1NC(=Nc2ccccc2)S/C1=C\c1cccc(OCc2cccc(F)c2)c1. The van der Waals surface area contributed by atoms with E-state index in [1.54, 1.807) is 12.1 Å². The van der Waals surface area contributed by atoms with Crippen LogP contribution in [0.2, 0.25) is 0 Å². The number of rotatable bonds is 5. The maximum atomic E-state index is 13.3. The molecule has 4 rings (SSSR count). The molecule has 3 aromatic carbocycles. The third-order valence-corrected chi connectivity index (χ3v) is 5.00. The molecule has 6 heteroatoms. The van der Waals surface area contributed by atoms with Gasteiger partial charge >= 0.3 is 0 Å². The first-order valence-corrected chi connectivity index (χ1v) is 9.79. The third kappa shape index (κ3) is 5.12. The highest BCUT2D eigenvalue weighted by atomic mass is 32.2. The number of thioether (sulfide) groups is 1. The predicted octanol–water partition coefficient (Wildman–Crippen LogP) is 5.30. The van der Waals surface area contributed by atoms with Crippen LogP contribution in [-0.4, -0.2) is 11.1 Å². The van der Waals surface area contributed by atoms with Crippen LogP contribution in [0, 0.1) is 5.82 Å². The largest absolute Gasteiger partial charge is 0.489 e. The van der Waals surface area contributed by atoms with Crippen LogP contribution in [0.15, 0.2) is 88.8 Å². The molecule has 0 saturated carbocycles. The first kappa shape index (κ1) is 19.0. The molecule has 0 bridgehead atoms. The van der Waals surface area contributed by atoms with E-state index in [1.165, 1.54) is 23.9 Å². The van der Waals surface area contributed by atoms with Crippen molar-refractivity contribution in [3.63, 3.8) is 0 Å². The molecule has 0 aromatic heterocycles. The Labute approximate surface area is 172 Å². The minimum atomic E-state index is -0.290. The highest BCUT2D eigenvalue weighted by molar-refractivity contribution is 8.18.